The minimum Gasteiger partial charge on any atom is -0.489 e. The second-order valence-corrected chi connectivity index (χ2v) is 4.95. The van der Waals surface area contributed by atoms with Crippen molar-refractivity contribution in [3.8, 4) is 5.75 Å². The molecule has 0 aliphatic heterocycles. The maximum Gasteiger partial charge on any atom is 0.338 e. The molecule has 0 saturated heterocycles. The lowest BCUT2D eigenvalue weighted by molar-refractivity contribution is 0.0695. The van der Waals surface area contributed by atoms with E-state index < -0.39 is 5.97 Å². The van der Waals surface area contributed by atoms with E-state index in [-0.39, 0.29) is 17.9 Å². The SMILES string of the molecule is Nc1cccc(COc2cc(Cl)cc(Cl)c2)c1C(=O)O. The Morgan fingerprint density at radius 1 is 1.20 bits per heavy atom. The predicted octanol–water partition coefficient (Wildman–Crippen LogP) is 3.85. The molecule has 0 heterocycles. The van der Waals surface area contributed by atoms with Crippen LogP contribution in [0.15, 0.2) is 36.4 Å². The zero-order valence-corrected chi connectivity index (χ0v) is 11.8. The molecule has 0 aliphatic carbocycles. The molecule has 0 atom stereocenters. The first-order valence-corrected chi connectivity index (χ1v) is 6.42. The number of nitrogens with two attached hydrogens (primary N) is 1. The van der Waals surface area contributed by atoms with Crippen molar-refractivity contribution in [2.45, 2.75) is 6.61 Å². The number of carbonyl (C=O) groups is 1. The van der Waals surface area contributed by atoms with E-state index >= 15 is 0 Å². The number of nitrogen functional groups attached to an aromatic ring is 1. The Kier molecular flexibility index (Phi) is 4.37. The number of aromatic carboxylic acids is 1. The Labute approximate surface area is 125 Å². The molecule has 2 aromatic carbocycles. The van der Waals surface area contributed by atoms with E-state index in [9.17, 15) is 4.79 Å². The lowest BCUT2D eigenvalue weighted by atomic mass is 10.1. The van der Waals surface area contributed by atoms with Gasteiger partial charge >= 0.3 is 5.97 Å². The molecule has 3 N–H and O–H groups in total. The van der Waals surface area contributed by atoms with Crippen molar-refractivity contribution in [3.05, 3.63) is 57.6 Å². The van der Waals surface area contributed by atoms with Crippen LogP contribution in [0.5, 0.6) is 5.75 Å². The number of hydrogen-bond acceptors (Lipinski definition) is 3. The average molecular weight is 312 g/mol. The molecule has 6 heteroatoms. The number of ether oxygens (including phenoxy) is 1. The van der Waals surface area contributed by atoms with Gasteiger partial charge in [0.25, 0.3) is 0 Å². The molecule has 104 valence electrons. The standard InChI is InChI=1S/C14H11Cl2NO3/c15-9-4-10(16)6-11(5-9)20-7-8-2-1-3-12(17)13(8)14(18)19/h1-6H,7,17H2,(H,18,19). The highest BCUT2D eigenvalue weighted by Crippen LogP contribution is 2.26. The van der Waals surface area contributed by atoms with Crippen LogP contribution in [-0.2, 0) is 6.61 Å². The minimum atomic E-state index is -1.09. The van der Waals surface area contributed by atoms with Gasteiger partial charge in [-0.2, -0.15) is 0 Å². The highest BCUT2D eigenvalue weighted by atomic mass is 35.5. The molecular weight excluding hydrogens is 301 g/mol. The molecule has 20 heavy (non-hydrogen) atoms. The summed E-state index contributed by atoms with van der Waals surface area (Å²) in [5.74, 6) is -0.632. The molecule has 0 bridgehead atoms. The maximum atomic E-state index is 11.2. The summed E-state index contributed by atoms with van der Waals surface area (Å²) in [7, 11) is 0. The van der Waals surface area contributed by atoms with Crippen LogP contribution in [-0.4, -0.2) is 11.1 Å². The largest absolute Gasteiger partial charge is 0.489 e. The topological polar surface area (TPSA) is 72.5 Å². The molecule has 0 aliphatic rings. The van der Waals surface area contributed by atoms with Gasteiger partial charge in [0.15, 0.2) is 0 Å². The van der Waals surface area contributed by atoms with Crippen LogP contribution in [0.4, 0.5) is 5.69 Å². The summed E-state index contributed by atoms with van der Waals surface area (Å²) in [4.78, 5) is 11.2. The first-order valence-electron chi connectivity index (χ1n) is 5.67. The highest BCUT2D eigenvalue weighted by molar-refractivity contribution is 6.34. The van der Waals surface area contributed by atoms with E-state index in [1.807, 2.05) is 0 Å². The number of halogens is 2. The summed E-state index contributed by atoms with van der Waals surface area (Å²) in [6.45, 7) is 0.0589. The van der Waals surface area contributed by atoms with Crippen LogP contribution >= 0.6 is 23.2 Å². The number of benzene rings is 2. The van der Waals surface area contributed by atoms with Crippen molar-refractivity contribution in [3.63, 3.8) is 0 Å². The third-order valence-electron chi connectivity index (χ3n) is 2.63. The lowest BCUT2D eigenvalue weighted by Gasteiger charge is -2.11. The van der Waals surface area contributed by atoms with Gasteiger partial charge in [-0.15, -0.1) is 0 Å². The molecule has 2 rings (SSSR count). The first-order chi connectivity index (χ1) is 9.47. The molecule has 0 unspecified atom stereocenters. The Bertz CT molecular complexity index is 639. The number of hydrogen-bond donors (Lipinski definition) is 2. The molecule has 0 saturated carbocycles. The molecule has 0 aromatic heterocycles. The fourth-order valence-corrected chi connectivity index (χ4v) is 2.28. The molecule has 0 spiro atoms. The fraction of sp³-hybridized carbons (Fsp3) is 0.0714. The second-order valence-electron chi connectivity index (χ2n) is 4.08. The molecule has 2 aromatic rings. The third kappa shape index (κ3) is 3.35. The van der Waals surface area contributed by atoms with Gasteiger partial charge in [0.1, 0.15) is 12.4 Å². The van der Waals surface area contributed by atoms with Gasteiger partial charge < -0.3 is 15.6 Å². The Morgan fingerprint density at radius 2 is 1.85 bits per heavy atom. The maximum absolute atomic E-state index is 11.2. The van der Waals surface area contributed by atoms with Crippen molar-refractivity contribution < 1.29 is 14.6 Å². The van der Waals surface area contributed by atoms with Crippen molar-refractivity contribution in [2.24, 2.45) is 0 Å². The fourth-order valence-electron chi connectivity index (χ4n) is 1.77. The summed E-state index contributed by atoms with van der Waals surface area (Å²) >= 11 is 11.7. The van der Waals surface area contributed by atoms with Crippen LogP contribution in [0, 0.1) is 0 Å². The number of anilines is 1. The highest BCUT2D eigenvalue weighted by Gasteiger charge is 2.14. The summed E-state index contributed by atoms with van der Waals surface area (Å²) in [6.07, 6.45) is 0. The predicted molar refractivity (Wildman–Crippen MR) is 78.6 cm³/mol. The Morgan fingerprint density at radius 3 is 2.45 bits per heavy atom. The number of carboxylic acids is 1. The van der Waals surface area contributed by atoms with Crippen molar-refractivity contribution in [1.29, 1.82) is 0 Å². The van der Waals surface area contributed by atoms with Gasteiger partial charge in [0.05, 0.1) is 5.56 Å². The van der Waals surface area contributed by atoms with Gasteiger partial charge in [0.2, 0.25) is 0 Å². The van der Waals surface area contributed by atoms with E-state index in [0.717, 1.165) is 0 Å². The van der Waals surface area contributed by atoms with Crippen molar-refractivity contribution in [1.82, 2.24) is 0 Å². The van der Waals surface area contributed by atoms with E-state index in [1.54, 1.807) is 30.3 Å². The second kappa shape index (κ2) is 6.03. The third-order valence-corrected chi connectivity index (χ3v) is 3.06. The zero-order chi connectivity index (χ0) is 14.7. The number of carboxylic acid groups (broad SMARTS) is 1. The van der Waals surface area contributed by atoms with Gasteiger partial charge in [-0.25, -0.2) is 4.79 Å². The monoisotopic (exact) mass is 311 g/mol. The van der Waals surface area contributed by atoms with Crippen LogP contribution < -0.4 is 10.5 Å². The van der Waals surface area contributed by atoms with E-state index in [0.29, 0.717) is 21.4 Å². The summed E-state index contributed by atoms with van der Waals surface area (Å²) in [5.41, 5.74) is 6.38. The summed E-state index contributed by atoms with van der Waals surface area (Å²) in [5, 5.41) is 10.0. The molecule has 0 amide bonds. The quantitative estimate of drug-likeness (QED) is 0.841. The average Bonchev–Trinajstić information content (AvgIpc) is 2.34. The van der Waals surface area contributed by atoms with Gasteiger partial charge in [-0.3, -0.25) is 0 Å². The molecule has 0 fully saturated rings. The summed E-state index contributed by atoms with van der Waals surface area (Å²) in [6, 6.07) is 9.63. The lowest BCUT2D eigenvalue weighted by Crippen LogP contribution is -2.09. The van der Waals surface area contributed by atoms with Crippen LogP contribution in [0.25, 0.3) is 0 Å². The van der Waals surface area contributed by atoms with Crippen LogP contribution in [0.2, 0.25) is 10.0 Å². The Hall–Kier alpha value is -1.91. The number of rotatable bonds is 4. The van der Waals surface area contributed by atoms with Crippen LogP contribution in [0.1, 0.15) is 15.9 Å². The molecule has 4 nitrogen and oxygen atoms in total. The van der Waals surface area contributed by atoms with E-state index in [4.69, 9.17) is 38.8 Å². The van der Waals surface area contributed by atoms with Crippen molar-refractivity contribution >= 4 is 34.9 Å². The normalized spacial score (nSPS) is 10.3. The van der Waals surface area contributed by atoms with E-state index in [2.05, 4.69) is 0 Å². The smallest absolute Gasteiger partial charge is 0.338 e. The van der Waals surface area contributed by atoms with Gasteiger partial charge in [0, 0.05) is 21.3 Å². The van der Waals surface area contributed by atoms with E-state index in [1.165, 1.54) is 6.07 Å². The molecule has 0 radical (unpaired) electrons. The molecular formula is C14H11Cl2NO3. The minimum absolute atomic E-state index is 0.0422. The summed E-state index contributed by atoms with van der Waals surface area (Å²) < 4.78 is 5.51. The van der Waals surface area contributed by atoms with Crippen LogP contribution in [0.3, 0.4) is 0 Å². The van der Waals surface area contributed by atoms with Gasteiger partial charge in [-0.05, 0) is 24.3 Å². The Balaban J connectivity index is 2.23. The van der Waals surface area contributed by atoms with Gasteiger partial charge in [-0.1, -0.05) is 35.3 Å². The van der Waals surface area contributed by atoms with Crippen molar-refractivity contribution in [2.75, 3.05) is 5.73 Å². The zero-order valence-electron chi connectivity index (χ0n) is 10.3. The first kappa shape index (κ1) is 14.5.